The molecule has 0 aliphatic rings. The van der Waals surface area contributed by atoms with Gasteiger partial charge in [0.25, 0.3) is 5.69 Å². The average molecular weight is 340 g/mol. The fourth-order valence-electron chi connectivity index (χ4n) is 1.43. The number of benzene rings is 1. The molecule has 0 unspecified atom stereocenters. The minimum Gasteiger partial charge on any atom is -0.373 e. The highest BCUT2D eigenvalue weighted by atomic mass is 79.9. The molecule has 1 heterocycles. The summed E-state index contributed by atoms with van der Waals surface area (Å²) in [4.78, 5) is 15.7. The van der Waals surface area contributed by atoms with Gasteiger partial charge in [-0.3, -0.25) is 10.1 Å². The predicted molar refractivity (Wildman–Crippen MR) is 78.7 cm³/mol. The van der Waals surface area contributed by atoms with E-state index in [1.54, 1.807) is 7.05 Å². The van der Waals surface area contributed by atoms with E-state index in [-0.39, 0.29) is 5.69 Å². The number of nitro groups is 1. The second-order valence-corrected chi connectivity index (χ2v) is 5.62. The smallest absolute Gasteiger partial charge is 0.275 e. The lowest BCUT2D eigenvalue weighted by Gasteiger charge is -2.04. The Labute approximate surface area is 122 Å². The van der Waals surface area contributed by atoms with Crippen molar-refractivity contribution in [1.29, 1.82) is 0 Å². The van der Waals surface area contributed by atoms with E-state index < -0.39 is 4.92 Å². The Morgan fingerprint density at radius 1 is 1.37 bits per heavy atom. The molecule has 2 aromatic rings. The fraction of sp³-hybridized carbons (Fsp3) is 0.0833. The number of nitrogens with one attached hydrogen (secondary N) is 1. The number of aromatic nitrogens is 1. The maximum Gasteiger partial charge on any atom is 0.275 e. The first kappa shape index (κ1) is 13.8. The average Bonchev–Trinajstić information content (AvgIpc) is 2.38. The molecule has 98 valence electrons. The van der Waals surface area contributed by atoms with E-state index >= 15 is 0 Å². The van der Waals surface area contributed by atoms with Crippen LogP contribution in [0.4, 0.5) is 11.5 Å². The Kier molecular flexibility index (Phi) is 4.39. The molecule has 0 radical (unpaired) electrons. The maximum atomic E-state index is 10.9. The van der Waals surface area contributed by atoms with E-state index in [4.69, 9.17) is 0 Å². The van der Waals surface area contributed by atoms with Crippen LogP contribution in [-0.2, 0) is 0 Å². The number of anilines is 1. The Balaban J connectivity index is 2.34. The molecule has 0 saturated carbocycles. The molecule has 1 aromatic heterocycles. The van der Waals surface area contributed by atoms with E-state index in [2.05, 4.69) is 26.2 Å². The van der Waals surface area contributed by atoms with Gasteiger partial charge in [0.2, 0.25) is 0 Å². The first-order valence-electron chi connectivity index (χ1n) is 5.36. The van der Waals surface area contributed by atoms with Crippen LogP contribution >= 0.6 is 27.7 Å². The zero-order chi connectivity index (χ0) is 13.8. The van der Waals surface area contributed by atoms with Gasteiger partial charge in [-0.2, -0.15) is 0 Å². The normalized spacial score (nSPS) is 10.2. The number of nitrogens with zero attached hydrogens (tertiary/aromatic N) is 2. The highest BCUT2D eigenvalue weighted by molar-refractivity contribution is 9.10. The second kappa shape index (κ2) is 6.03. The zero-order valence-electron chi connectivity index (χ0n) is 9.96. The van der Waals surface area contributed by atoms with Gasteiger partial charge in [0.05, 0.1) is 11.0 Å². The summed E-state index contributed by atoms with van der Waals surface area (Å²) < 4.78 is 0.955. The minimum atomic E-state index is -0.423. The zero-order valence-corrected chi connectivity index (χ0v) is 12.4. The molecule has 0 spiro atoms. The number of halogens is 1. The third-order valence-electron chi connectivity index (χ3n) is 2.27. The summed E-state index contributed by atoms with van der Waals surface area (Å²) in [7, 11) is 1.68. The van der Waals surface area contributed by atoms with Crippen molar-refractivity contribution >= 4 is 39.2 Å². The van der Waals surface area contributed by atoms with Crippen molar-refractivity contribution in [3.05, 3.63) is 51.0 Å². The van der Waals surface area contributed by atoms with E-state index in [1.165, 1.54) is 23.9 Å². The number of hydrogen-bond donors (Lipinski definition) is 1. The van der Waals surface area contributed by atoms with Gasteiger partial charge < -0.3 is 5.32 Å². The Morgan fingerprint density at radius 3 is 2.79 bits per heavy atom. The molecule has 1 N–H and O–H groups in total. The first-order valence-corrected chi connectivity index (χ1v) is 6.97. The lowest BCUT2D eigenvalue weighted by Crippen LogP contribution is -1.96. The summed E-state index contributed by atoms with van der Waals surface area (Å²) in [5.41, 5.74) is 0.0249. The van der Waals surface area contributed by atoms with Gasteiger partial charge in [-0.15, -0.1) is 0 Å². The predicted octanol–water partition coefficient (Wildman–Crippen LogP) is 3.95. The van der Waals surface area contributed by atoms with Gasteiger partial charge >= 0.3 is 0 Å². The highest BCUT2D eigenvalue weighted by Gasteiger charge is 2.11. The minimum absolute atomic E-state index is 0.0249. The maximum absolute atomic E-state index is 10.9. The van der Waals surface area contributed by atoms with Crippen molar-refractivity contribution in [3.8, 4) is 0 Å². The molecule has 19 heavy (non-hydrogen) atoms. The summed E-state index contributed by atoms with van der Waals surface area (Å²) in [6.07, 6.45) is 0. The fourth-order valence-corrected chi connectivity index (χ4v) is 2.88. The third kappa shape index (κ3) is 3.68. The van der Waals surface area contributed by atoms with Gasteiger partial charge in [0.1, 0.15) is 10.8 Å². The van der Waals surface area contributed by atoms with Crippen molar-refractivity contribution < 1.29 is 4.92 Å². The van der Waals surface area contributed by atoms with Gasteiger partial charge in [0, 0.05) is 22.5 Å². The van der Waals surface area contributed by atoms with Crippen molar-refractivity contribution in [3.63, 3.8) is 0 Å². The quantitative estimate of drug-likeness (QED) is 0.674. The SMILES string of the molecule is CNc1cc([N+](=O)[O-])cc(Sc2cccc(Br)c2)n1. The van der Waals surface area contributed by atoms with Crippen LogP contribution in [-0.4, -0.2) is 17.0 Å². The molecule has 0 amide bonds. The molecule has 1 aromatic carbocycles. The summed E-state index contributed by atoms with van der Waals surface area (Å²) in [6.45, 7) is 0. The summed E-state index contributed by atoms with van der Waals surface area (Å²) >= 11 is 4.76. The van der Waals surface area contributed by atoms with Crippen LogP contribution in [0.5, 0.6) is 0 Å². The van der Waals surface area contributed by atoms with Crippen LogP contribution < -0.4 is 5.32 Å². The van der Waals surface area contributed by atoms with E-state index in [0.717, 1.165) is 9.37 Å². The molecule has 5 nitrogen and oxygen atoms in total. The van der Waals surface area contributed by atoms with Crippen LogP contribution in [0.3, 0.4) is 0 Å². The summed E-state index contributed by atoms with van der Waals surface area (Å²) in [5.74, 6) is 0.478. The second-order valence-electron chi connectivity index (χ2n) is 3.62. The Bertz CT molecular complexity index is 622. The monoisotopic (exact) mass is 339 g/mol. The molecular weight excluding hydrogens is 330 g/mol. The van der Waals surface area contributed by atoms with Crippen LogP contribution in [0.25, 0.3) is 0 Å². The summed E-state index contributed by atoms with van der Waals surface area (Å²) in [6, 6.07) is 10.6. The van der Waals surface area contributed by atoms with Crippen molar-refractivity contribution in [2.24, 2.45) is 0 Å². The molecule has 0 saturated heterocycles. The van der Waals surface area contributed by atoms with Gasteiger partial charge in [-0.05, 0) is 18.2 Å². The van der Waals surface area contributed by atoms with E-state index in [1.807, 2.05) is 24.3 Å². The van der Waals surface area contributed by atoms with Crippen LogP contribution in [0.1, 0.15) is 0 Å². The largest absolute Gasteiger partial charge is 0.373 e. The van der Waals surface area contributed by atoms with Gasteiger partial charge in [0.15, 0.2) is 0 Å². The lowest BCUT2D eigenvalue weighted by molar-refractivity contribution is -0.385. The van der Waals surface area contributed by atoms with Crippen LogP contribution in [0, 0.1) is 10.1 Å². The standard InChI is InChI=1S/C12H10BrN3O2S/c1-14-11-6-9(16(17)18)7-12(15-11)19-10-4-2-3-8(13)5-10/h2-7H,1H3,(H,14,15). The molecular formula is C12H10BrN3O2S. The van der Waals surface area contributed by atoms with Crippen LogP contribution in [0.15, 0.2) is 50.8 Å². The van der Waals surface area contributed by atoms with Gasteiger partial charge in [-0.25, -0.2) is 4.98 Å². The lowest BCUT2D eigenvalue weighted by atomic mass is 10.4. The first-order chi connectivity index (χ1) is 9.08. The van der Waals surface area contributed by atoms with Crippen molar-refractivity contribution in [2.75, 3.05) is 12.4 Å². The number of hydrogen-bond acceptors (Lipinski definition) is 5. The molecule has 7 heteroatoms. The summed E-state index contributed by atoms with van der Waals surface area (Å²) in [5, 5.41) is 14.3. The van der Waals surface area contributed by atoms with E-state index in [9.17, 15) is 10.1 Å². The third-order valence-corrected chi connectivity index (χ3v) is 3.67. The van der Waals surface area contributed by atoms with Crippen molar-refractivity contribution in [2.45, 2.75) is 9.92 Å². The van der Waals surface area contributed by atoms with Gasteiger partial charge in [-0.1, -0.05) is 33.8 Å². The molecule has 0 atom stereocenters. The molecule has 0 aliphatic heterocycles. The number of pyridine rings is 1. The van der Waals surface area contributed by atoms with Crippen LogP contribution in [0.2, 0.25) is 0 Å². The number of rotatable bonds is 4. The molecule has 0 fully saturated rings. The topological polar surface area (TPSA) is 68.1 Å². The highest BCUT2D eigenvalue weighted by Crippen LogP contribution is 2.31. The Hall–Kier alpha value is -1.60. The molecule has 0 bridgehead atoms. The molecule has 2 rings (SSSR count). The van der Waals surface area contributed by atoms with E-state index in [0.29, 0.717) is 10.8 Å². The Morgan fingerprint density at radius 2 is 2.16 bits per heavy atom. The van der Waals surface area contributed by atoms with Crippen molar-refractivity contribution in [1.82, 2.24) is 4.98 Å². The molecule has 0 aliphatic carbocycles.